The predicted molar refractivity (Wildman–Crippen MR) is 59.5 cm³/mol. The standard InChI is InChI=1S/C12H13N3/c1-12(2,3)10-5-9-4-8(6-13)7-14-11(9)15-10/h4-5,7H,1-3H3,(H,14,15). The maximum absolute atomic E-state index is 8.76. The second-order valence-electron chi connectivity index (χ2n) is 4.71. The first-order chi connectivity index (χ1) is 7.00. The summed E-state index contributed by atoms with van der Waals surface area (Å²) in [6.07, 6.45) is 1.59. The van der Waals surface area contributed by atoms with Crippen molar-refractivity contribution in [3.63, 3.8) is 0 Å². The van der Waals surface area contributed by atoms with Gasteiger partial charge in [-0.25, -0.2) is 4.98 Å². The third-order valence-corrected chi connectivity index (χ3v) is 2.41. The van der Waals surface area contributed by atoms with Crippen LogP contribution in [0.5, 0.6) is 0 Å². The Morgan fingerprint density at radius 1 is 1.33 bits per heavy atom. The Bertz CT molecular complexity index is 538. The Morgan fingerprint density at radius 2 is 2.07 bits per heavy atom. The van der Waals surface area contributed by atoms with E-state index in [1.165, 1.54) is 0 Å². The van der Waals surface area contributed by atoms with Crippen molar-refractivity contribution in [3.8, 4) is 6.07 Å². The molecule has 15 heavy (non-hydrogen) atoms. The van der Waals surface area contributed by atoms with Crippen molar-refractivity contribution in [3.05, 3.63) is 29.6 Å². The van der Waals surface area contributed by atoms with Gasteiger partial charge < -0.3 is 4.98 Å². The van der Waals surface area contributed by atoms with Gasteiger partial charge in [-0.15, -0.1) is 0 Å². The van der Waals surface area contributed by atoms with Crippen molar-refractivity contribution in [1.29, 1.82) is 5.26 Å². The predicted octanol–water partition coefficient (Wildman–Crippen LogP) is 2.73. The normalized spacial score (nSPS) is 11.6. The van der Waals surface area contributed by atoms with Crippen LogP contribution >= 0.6 is 0 Å². The molecule has 2 aromatic heterocycles. The number of aromatic nitrogens is 2. The second kappa shape index (κ2) is 3.09. The first-order valence-electron chi connectivity index (χ1n) is 4.90. The van der Waals surface area contributed by atoms with Crippen LogP contribution in [0, 0.1) is 11.3 Å². The molecule has 0 aliphatic rings. The Balaban J connectivity index is 2.62. The van der Waals surface area contributed by atoms with Crippen molar-refractivity contribution in [1.82, 2.24) is 9.97 Å². The summed E-state index contributed by atoms with van der Waals surface area (Å²) in [6.45, 7) is 6.43. The van der Waals surface area contributed by atoms with Crippen LogP contribution in [-0.2, 0) is 5.41 Å². The van der Waals surface area contributed by atoms with Gasteiger partial charge >= 0.3 is 0 Å². The van der Waals surface area contributed by atoms with Gasteiger partial charge in [-0.2, -0.15) is 5.26 Å². The number of nitriles is 1. The lowest BCUT2D eigenvalue weighted by atomic mass is 9.92. The maximum atomic E-state index is 8.76. The molecule has 0 aromatic carbocycles. The van der Waals surface area contributed by atoms with Crippen LogP contribution in [0.15, 0.2) is 18.3 Å². The third kappa shape index (κ3) is 1.71. The molecule has 0 bridgehead atoms. The van der Waals surface area contributed by atoms with Gasteiger partial charge in [-0.3, -0.25) is 0 Å². The molecule has 3 heteroatoms. The Kier molecular flexibility index (Phi) is 2.01. The van der Waals surface area contributed by atoms with Gasteiger partial charge in [0.05, 0.1) is 5.56 Å². The molecule has 0 saturated carbocycles. The smallest absolute Gasteiger partial charge is 0.137 e. The summed E-state index contributed by atoms with van der Waals surface area (Å²) >= 11 is 0. The highest BCUT2D eigenvalue weighted by Gasteiger charge is 2.16. The number of H-pyrrole nitrogens is 1. The van der Waals surface area contributed by atoms with Crippen molar-refractivity contribution >= 4 is 11.0 Å². The largest absolute Gasteiger partial charge is 0.343 e. The lowest BCUT2D eigenvalue weighted by molar-refractivity contribution is 0.574. The molecule has 0 aliphatic carbocycles. The zero-order valence-electron chi connectivity index (χ0n) is 9.13. The quantitative estimate of drug-likeness (QED) is 0.709. The molecule has 1 N–H and O–H groups in total. The average Bonchev–Trinajstić information content (AvgIpc) is 2.59. The molecule has 76 valence electrons. The van der Waals surface area contributed by atoms with Gasteiger partial charge in [0.25, 0.3) is 0 Å². The van der Waals surface area contributed by atoms with E-state index in [0.717, 1.165) is 16.7 Å². The van der Waals surface area contributed by atoms with E-state index < -0.39 is 0 Å². The molecule has 0 amide bonds. The summed E-state index contributed by atoms with van der Waals surface area (Å²) in [6, 6.07) is 6.00. The fourth-order valence-corrected chi connectivity index (χ4v) is 1.48. The molecular formula is C12H13N3. The molecular weight excluding hydrogens is 186 g/mol. The number of rotatable bonds is 0. The molecule has 0 aliphatic heterocycles. The van der Waals surface area contributed by atoms with Gasteiger partial charge in [0.1, 0.15) is 11.7 Å². The van der Waals surface area contributed by atoms with E-state index in [4.69, 9.17) is 5.26 Å². The van der Waals surface area contributed by atoms with Crippen LogP contribution in [0.2, 0.25) is 0 Å². The minimum Gasteiger partial charge on any atom is -0.343 e. The van der Waals surface area contributed by atoms with Crippen LogP contribution in [0.1, 0.15) is 32.0 Å². The van der Waals surface area contributed by atoms with Gasteiger partial charge in [0.15, 0.2) is 0 Å². The molecule has 0 atom stereocenters. The molecule has 0 radical (unpaired) electrons. The molecule has 0 unspecified atom stereocenters. The highest BCUT2D eigenvalue weighted by molar-refractivity contribution is 5.78. The lowest BCUT2D eigenvalue weighted by Gasteiger charge is -2.15. The summed E-state index contributed by atoms with van der Waals surface area (Å²) in [5, 5.41) is 9.76. The van der Waals surface area contributed by atoms with Gasteiger partial charge in [0.2, 0.25) is 0 Å². The van der Waals surface area contributed by atoms with Gasteiger partial charge in [-0.05, 0) is 12.1 Å². The Labute approximate surface area is 88.8 Å². The summed E-state index contributed by atoms with van der Waals surface area (Å²) in [5.74, 6) is 0. The summed E-state index contributed by atoms with van der Waals surface area (Å²) in [4.78, 5) is 7.47. The minimum absolute atomic E-state index is 0.0769. The number of aromatic amines is 1. The summed E-state index contributed by atoms with van der Waals surface area (Å²) < 4.78 is 0. The van der Waals surface area contributed by atoms with Crippen molar-refractivity contribution < 1.29 is 0 Å². The highest BCUT2D eigenvalue weighted by Crippen LogP contribution is 2.24. The van der Waals surface area contributed by atoms with E-state index >= 15 is 0 Å². The summed E-state index contributed by atoms with van der Waals surface area (Å²) in [5.41, 5.74) is 2.66. The number of hydrogen-bond acceptors (Lipinski definition) is 2. The number of hydrogen-bond donors (Lipinski definition) is 1. The molecule has 2 aromatic rings. The van der Waals surface area contributed by atoms with E-state index in [1.807, 2.05) is 6.07 Å². The Hall–Kier alpha value is -1.82. The number of nitrogens with zero attached hydrogens (tertiary/aromatic N) is 2. The average molecular weight is 199 g/mol. The van der Waals surface area contributed by atoms with Crippen LogP contribution in [0.25, 0.3) is 11.0 Å². The van der Waals surface area contributed by atoms with Crippen LogP contribution in [0.4, 0.5) is 0 Å². The Morgan fingerprint density at radius 3 is 2.67 bits per heavy atom. The highest BCUT2D eigenvalue weighted by atomic mass is 14.9. The van der Waals surface area contributed by atoms with Gasteiger partial charge in [0, 0.05) is 22.7 Å². The molecule has 3 nitrogen and oxygen atoms in total. The molecule has 0 spiro atoms. The minimum atomic E-state index is 0.0769. The van der Waals surface area contributed by atoms with Crippen LogP contribution in [-0.4, -0.2) is 9.97 Å². The van der Waals surface area contributed by atoms with E-state index in [1.54, 1.807) is 6.20 Å². The number of nitrogens with one attached hydrogen (secondary N) is 1. The molecule has 2 rings (SSSR count). The maximum Gasteiger partial charge on any atom is 0.137 e. The van der Waals surface area contributed by atoms with Crippen molar-refractivity contribution in [2.75, 3.05) is 0 Å². The molecule has 2 heterocycles. The molecule has 0 saturated heterocycles. The monoisotopic (exact) mass is 199 g/mol. The van der Waals surface area contributed by atoms with E-state index in [9.17, 15) is 0 Å². The molecule has 0 fully saturated rings. The zero-order chi connectivity index (χ0) is 11.1. The first-order valence-corrected chi connectivity index (χ1v) is 4.90. The number of pyridine rings is 1. The van der Waals surface area contributed by atoms with Crippen molar-refractivity contribution in [2.24, 2.45) is 0 Å². The second-order valence-corrected chi connectivity index (χ2v) is 4.71. The summed E-state index contributed by atoms with van der Waals surface area (Å²) in [7, 11) is 0. The van der Waals surface area contributed by atoms with Crippen LogP contribution < -0.4 is 0 Å². The third-order valence-electron chi connectivity index (χ3n) is 2.41. The van der Waals surface area contributed by atoms with E-state index in [2.05, 4.69) is 42.9 Å². The van der Waals surface area contributed by atoms with Crippen LogP contribution in [0.3, 0.4) is 0 Å². The topological polar surface area (TPSA) is 52.5 Å². The zero-order valence-corrected chi connectivity index (χ0v) is 9.13. The first kappa shape index (κ1) is 9.72. The van der Waals surface area contributed by atoms with Gasteiger partial charge in [-0.1, -0.05) is 20.8 Å². The van der Waals surface area contributed by atoms with Crippen molar-refractivity contribution in [2.45, 2.75) is 26.2 Å². The SMILES string of the molecule is CC(C)(C)c1cc2cc(C#N)cnc2[nH]1. The number of fused-ring (bicyclic) bond motifs is 1. The van der Waals surface area contributed by atoms with E-state index in [-0.39, 0.29) is 5.41 Å². The fraction of sp³-hybridized carbons (Fsp3) is 0.333. The van der Waals surface area contributed by atoms with E-state index in [0.29, 0.717) is 5.56 Å². The fourth-order valence-electron chi connectivity index (χ4n) is 1.48. The lowest BCUT2D eigenvalue weighted by Crippen LogP contribution is -2.11.